The number of rotatable bonds is 4. The zero-order chi connectivity index (χ0) is 17.4. The maximum absolute atomic E-state index is 12.4. The summed E-state index contributed by atoms with van der Waals surface area (Å²) < 4.78 is 5.69. The number of ether oxygens (including phenoxy) is 1. The second-order valence-electron chi connectivity index (χ2n) is 7.96. The third-order valence-electron chi connectivity index (χ3n) is 6.10. The Bertz CT molecular complexity index is 775. The molecule has 2 fully saturated rings. The lowest BCUT2D eigenvalue weighted by molar-refractivity contribution is -0.135. The van der Waals surface area contributed by atoms with Crippen LogP contribution in [-0.4, -0.2) is 5.97 Å². The van der Waals surface area contributed by atoms with Crippen LogP contribution in [0.4, 0.5) is 0 Å². The molecule has 0 saturated heterocycles. The molecule has 3 atom stereocenters. The summed E-state index contributed by atoms with van der Waals surface area (Å²) in [4.78, 5) is 12.4. The van der Waals surface area contributed by atoms with Gasteiger partial charge in [0.05, 0.1) is 0 Å². The van der Waals surface area contributed by atoms with E-state index >= 15 is 0 Å². The van der Waals surface area contributed by atoms with Crippen molar-refractivity contribution in [3.8, 4) is 16.9 Å². The number of hydrogen-bond donors (Lipinski definition) is 0. The summed E-state index contributed by atoms with van der Waals surface area (Å²) in [7, 11) is 0. The second kappa shape index (κ2) is 6.67. The van der Waals surface area contributed by atoms with Crippen LogP contribution in [0.5, 0.6) is 5.75 Å². The van der Waals surface area contributed by atoms with Gasteiger partial charge in [0, 0.05) is 6.42 Å². The molecule has 0 radical (unpaired) electrons. The quantitative estimate of drug-likeness (QED) is 0.529. The van der Waals surface area contributed by atoms with E-state index in [9.17, 15) is 4.79 Å². The van der Waals surface area contributed by atoms with Crippen LogP contribution < -0.4 is 4.74 Å². The van der Waals surface area contributed by atoms with Gasteiger partial charge in [-0.05, 0) is 79.7 Å². The number of benzene rings is 2. The van der Waals surface area contributed by atoms with Crippen LogP contribution in [0, 0.1) is 31.6 Å². The molecule has 2 aromatic rings. The van der Waals surface area contributed by atoms with Crippen LogP contribution >= 0.6 is 0 Å². The first-order valence-corrected chi connectivity index (χ1v) is 9.47. The number of esters is 1. The fourth-order valence-corrected chi connectivity index (χ4v) is 4.69. The van der Waals surface area contributed by atoms with Gasteiger partial charge >= 0.3 is 5.97 Å². The fourth-order valence-electron chi connectivity index (χ4n) is 4.69. The highest BCUT2D eigenvalue weighted by Crippen LogP contribution is 2.49. The topological polar surface area (TPSA) is 26.3 Å². The first-order valence-electron chi connectivity index (χ1n) is 9.47. The Kier molecular flexibility index (Phi) is 4.37. The van der Waals surface area contributed by atoms with Crippen LogP contribution in [-0.2, 0) is 4.79 Å². The van der Waals surface area contributed by atoms with E-state index in [0.717, 1.165) is 23.0 Å². The minimum atomic E-state index is -0.0660. The molecule has 2 saturated carbocycles. The van der Waals surface area contributed by atoms with Gasteiger partial charge in [0.1, 0.15) is 5.75 Å². The molecule has 0 heterocycles. The average molecular weight is 334 g/mol. The molecule has 2 heteroatoms. The summed E-state index contributed by atoms with van der Waals surface area (Å²) in [5.41, 5.74) is 4.62. The maximum Gasteiger partial charge on any atom is 0.311 e. The highest BCUT2D eigenvalue weighted by atomic mass is 16.5. The lowest BCUT2D eigenvalue weighted by atomic mass is 9.86. The lowest BCUT2D eigenvalue weighted by Gasteiger charge is -2.20. The molecule has 0 amide bonds. The summed E-state index contributed by atoms with van der Waals surface area (Å²) in [6.07, 6.45) is 5.83. The molecule has 25 heavy (non-hydrogen) atoms. The van der Waals surface area contributed by atoms with Crippen LogP contribution in [0.25, 0.3) is 11.1 Å². The molecule has 130 valence electrons. The van der Waals surface area contributed by atoms with E-state index in [4.69, 9.17) is 4.74 Å². The SMILES string of the molecule is Cc1ccc(-c2ccc(OC(=O)C[C@@H]3C[C@H]4CC[C@H]3C4)c(C)c2)cc1. The molecule has 0 aromatic heterocycles. The van der Waals surface area contributed by atoms with E-state index in [-0.39, 0.29) is 5.97 Å². The largest absolute Gasteiger partial charge is 0.426 e. The van der Waals surface area contributed by atoms with Gasteiger partial charge < -0.3 is 4.74 Å². The molecule has 0 aliphatic heterocycles. The third-order valence-corrected chi connectivity index (χ3v) is 6.10. The van der Waals surface area contributed by atoms with Crippen molar-refractivity contribution in [3.05, 3.63) is 53.6 Å². The summed E-state index contributed by atoms with van der Waals surface area (Å²) >= 11 is 0. The zero-order valence-corrected chi connectivity index (χ0v) is 15.1. The summed E-state index contributed by atoms with van der Waals surface area (Å²) in [5.74, 6) is 2.83. The minimum Gasteiger partial charge on any atom is -0.426 e. The van der Waals surface area contributed by atoms with Gasteiger partial charge in [0.2, 0.25) is 0 Å². The molecular weight excluding hydrogens is 308 g/mol. The molecule has 2 aliphatic carbocycles. The van der Waals surface area contributed by atoms with Crippen LogP contribution in [0.1, 0.15) is 43.2 Å². The number of fused-ring (bicyclic) bond motifs is 2. The Morgan fingerprint density at radius 1 is 1.00 bits per heavy atom. The van der Waals surface area contributed by atoms with Gasteiger partial charge in [0.15, 0.2) is 0 Å². The molecule has 0 unspecified atom stereocenters. The molecule has 2 nitrogen and oxygen atoms in total. The molecule has 0 spiro atoms. The predicted molar refractivity (Wildman–Crippen MR) is 101 cm³/mol. The van der Waals surface area contributed by atoms with Gasteiger partial charge in [-0.2, -0.15) is 0 Å². The van der Waals surface area contributed by atoms with E-state index in [2.05, 4.69) is 37.3 Å². The normalized spacial score (nSPS) is 24.5. The van der Waals surface area contributed by atoms with E-state index in [1.807, 2.05) is 19.1 Å². The summed E-state index contributed by atoms with van der Waals surface area (Å²) in [6.45, 7) is 4.10. The lowest BCUT2D eigenvalue weighted by Crippen LogP contribution is -2.19. The summed E-state index contributed by atoms with van der Waals surface area (Å²) in [5, 5.41) is 0. The van der Waals surface area contributed by atoms with Crippen molar-refractivity contribution >= 4 is 5.97 Å². The number of carbonyl (C=O) groups excluding carboxylic acids is 1. The number of carbonyl (C=O) groups is 1. The standard InChI is InChI=1S/C23H26O2/c1-15-3-6-18(7-4-15)19-9-10-22(16(2)11-19)25-23(24)14-21-13-17-5-8-20(21)12-17/h3-4,6-7,9-11,17,20-21H,5,8,12-14H2,1-2H3/t17-,20-,21-/m0/s1. The van der Waals surface area contributed by atoms with Gasteiger partial charge in [-0.1, -0.05) is 42.3 Å². The average Bonchev–Trinajstić information content (AvgIpc) is 3.20. The third kappa shape index (κ3) is 3.49. The molecular formula is C23H26O2. The second-order valence-corrected chi connectivity index (χ2v) is 7.96. The first kappa shape index (κ1) is 16.4. The van der Waals surface area contributed by atoms with E-state index in [1.54, 1.807) is 0 Å². The molecule has 2 aromatic carbocycles. The van der Waals surface area contributed by atoms with Gasteiger partial charge in [-0.25, -0.2) is 0 Å². The van der Waals surface area contributed by atoms with Crippen molar-refractivity contribution in [3.63, 3.8) is 0 Å². The van der Waals surface area contributed by atoms with Crippen molar-refractivity contribution in [2.45, 2.75) is 46.0 Å². The highest BCUT2D eigenvalue weighted by molar-refractivity contribution is 5.74. The van der Waals surface area contributed by atoms with Crippen molar-refractivity contribution in [1.29, 1.82) is 0 Å². The monoisotopic (exact) mass is 334 g/mol. The van der Waals surface area contributed by atoms with Crippen molar-refractivity contribution < 1.29 is 9.53 Å². The Hall–Kier alpha value is -2.09. The van der Waals surface area contributed by atoms with Crippen molar-refractivity contribution in [2.24, 2.45) is 17.8 Å². The number of aryl methyl sites for hydroxylation is 2. The Morgan fingerprint density at radius 2 is 1.76 bits per heavy atom. The Morgan fingerprint density at radius 3 is 2.40 bits per heavy atom. The first-order chi connectivity index (χ1) is 12.1. The maximum atomic E-state index is 12.4. The van der Waals surface area contributed by atoms with Crippen molar-refractivity contribution in [2.75, 3.05) is 0 Å². The highest BCUT2D eigenvalue weighted by Gasteiger charge is 2.40. The smallest absolute Gasteiger partial charge is 0.311 e. The molecule has 4 rings (SSSR count). The van der Waals surface area contributed by atoms with E-state index in [1.165, 1.54) is 36.8 Å². The zero-order valence-electron chi connectivity index (χ0n) is 15.1. The van der Waals surface area contributed by atoms with Crippen LogP contribution in [0.3, 0.4) is 0 Å². The predicted octanol–water partition coefficient (Wildman–Crippen LogP) is 5.70. The van der Waals surface area contributed by atoms with Crippen LogP contribution in [0.15, 0.2) is 42.5 Å². The van der Waals surface area contributed by atoms with E-state index < -0.39 is 0 Å². The van der Waals surface area contributed by atoms with Crippen molar-refractivity contribution in [1.82, 2.24) is 0 Å². The summed E-state index contributed by atoms with van der Waals surface area (Å²) in [6, 6.07) is 14.6. The van der Waals surface area contributed by atoms with E-state index in [0.29, 0.717) is 18.1 Å². The van der Waals surface area contributed by atoms with Gasteiger partial charge in [0.25, 0.3) is 0 Å². The Labute approximate surface area is 150 Å². The molecule has 2 bridgehead atoms. The number of hydrogen-bond acceptors (Lipinski definition) is 2. The van der Waals surface area contributed by atoms with Gasteiger partial charge in [-0.3, -0.25) is 4.79 Å². The Balaban J connectivity index is 1.42. The molecule has 0 N–H and O–H groups in total. The van der Waals surface area contributed by atoms with Crippen LogP contribution in [0.2, 0.25) is 0 Å². The minimum absolute atomic E-state index is 0.0660. The fraction of sp³-hybridized carbons (Fsp3) is 0.435. The molecule has 2 aliphatic rings. The van der Waals surface area contributed by atoms with Gasteiger partial charge in [-0.15, -0.1) is 0 Å².